The van der Waals surface area contributed by atoms with Crippen LogP contribution in [0.25, 0.3) is 0 Å². The molecule has 7 atom stereocenters. The van der Waals surface area contributed by atoms with Crippen LogP contribution in [0.5, 0.6) is 0 Å². The van der Waals surface area contributed by atoms with Gasteiger partial charge in [0.1, 0.15) is 24.4 Å². The van der Waals surface area contributed by atoms with E-state index in [9.17, 15) is 30.3 Å². The Morgan fingerprint density at radius 2 is 1.02 bits per heavy atom. The fourth-order valence-electron chi connectivity index (χ4n) is 6.90. The van der Waals surface area contributed by atoms with E-state index < -0.39 is 49.5 Å². The normalized spacial score (nSPS) is 21.4. The van der Waals surface area contributed by atoms with Crippen LogP contribution in [0.1, 0.15) is 181 Å². The van der Waals surface area contributed by atoms with Gasteiger partial charge in [0.25, 0.3) is 0 Å². The van der Waals surface area contributed by atoms with Gasteiger partial charge in [-0.15, -0.1) is 0 Å². The number of carbonyl (C=O) groups excluding carboxylic acids is 1. The first kappa shape index (κ1) is 54.6. The molecule has 9 nitrogen and oxygen atoms in total. The van der Waals surface area contributed by atoms with Crippen molar-refractivity contribution in [3.05, 3.63) is 72.9 Å². The number of allylic oxidation sites excluding steroid dienone is 11. The Kier molecular flexibility index (Phi) is 36.8. The van der Waals surface area contributed by atoms with Crippen molar-refractivity contribution in [2.24, 2.45) is 0 Å². The molecule has 1 heterocycles. The number of unbranched alkanes of at least 4 members (excludes halogenated alkanes) is 18. The highest BCUT2D eigenvalue weighted by molar-refractivity contribution is 5.76. The lowest BCUT2D eigenvalue weighted by atomic mass is 9.99. The minimum absolute atomic E-state index is 0.207. The van der Waals surface area contributed by atoms with Crippen molar-refractivity contribution in [1.82, 2.24) is 5.32 Å². The molecule has 1 amide bonds. The predicted molar refractivity (Wildman–Crippen MR) is 244 cm³/mol. The zero-order chi connectivity index (χ0) is 43.0. The molecule has 340 valence electrons. The van der Waals surface area contributed by atoms with Gasteiger partial charge in [0.15, 0.2) is 6.29 Å². The van der Waals surface area contributed by atoms with E-state index in [-0.39, 0.29) is 12.5 Å². The summed E-state index contributed by atoms with van der Waals surface area (Å²) in [6.45, 7) is 3.70. The molecule has 0 radical (unpaired) electrons. The lowest BCUT2D eigenvalue weighted by Crippen LogP contribution is -2.60. The van der Waals surface area contributed by atoms with Crippen LogP contribution in [0.2, 0.25) is 0 Å². The highest BCUT2D eigenvalue weighted by atomic mass is 16.7. The third-order valence-corrected chi connectivity index (χ3v) is 10.7. The van der Waals surface area contributed by atoms with Gasteiger partial charge in [0.2, 0.25) is 5.91 Å². The average molecular weight is 830 g/mol. The van der Waals surface area contributed by atoms with E-state index in [1.807, 2.05) is 6.08 Å². The smallest absolute Gasteiger partial charge is 0.220 e. The molecule has 0 spiro atoms. The maximum Gasteiger partial charge on any atom is 0.220 e. The van der Waals surface area contributed by atoms with E-state index in [2.05, 4.69) is 79.9 Å². The summed E-state index contributed by atoms with van der Waals surface area (Å²) in [5.74, 6) is -0.207. The van der Waals surface area contributed by atoms with Gasteiger partial charge in [0.05, 0.1) is 25.4 Å². The number of nitrogens with one attached hydrogen (secondary N) is 1. The topological polar surface area (TPSA) is 149 Å². The van der Waals surface area contributed by atoms with E-state index in [1.54, 1.807) is 6.08 Å². The Balaban J connectivity index is 2.39. The summed E-state index contributed by atoms with van der Waals surface area (Å²) in [6, 6.07) is -0.838. The van der Waals surface area contributed by atoms with Crippen LogP contribution >= 0.6 is 0 Å². The summed E-state index contributed by atoms with van der Waals surface area (Å²) in [5, 5.41) is 54.2. The number of aliphatic hydroxyl groups is 5. The van der Waals surface area contributed by atoms with Gasteiger partial charge < -0.3 is 40.3 Å². The van der Waals surface area contributed by atoms with Gasteiger partial charge in [-0.25, -0.2) is 0 Å². The molecule has 1 rings (SSSR count). The van der Waals surface area contributed by atoms with Gasteiger partial charge in [-0.3, -0.25) is 4.79 Å². The van der Waals surface area contributed by atoms with E-state index in [4.69, 9.17) is 9.47 Å². The largest absolute Gasteiger partial charge is 0.394 e. The number of aliphatic hydroxyl groups excluding tert-OH is 5. The lowest BCUT2D eigenvalue weighted by molar-refractivity contribution is -0.302. The fourth-order valence-corrected chi connectivity index (χ4v) is 6.90. The molecule has 0 aliphatic carbocycles. The maximum absolute atomic E-state index is 13.0. The van der Waals surface area contributed by atoms with Crippen LogP contribution in [0.3, 0.4) is 0 Å². The Morgan fingerprint density at radius 3 is 1.54 bits per heavy atom. The summed E-state index contributed by atoms with van der Waals surface area (Å²) < 4.78 is 11.2. The number of amides is 1. The standard InChI is InChI=1S/C50H87NO8/c1-3-5-7-9-11-13-15-17-19-20-21-22-23-24-26-28-30-32-34-36-38-40-46(54)51-43(42-58-50-49(57)48(56)47(55)45(41-52)59-50)44(53)39-37-35-33-31-29-27-25-18-16-14-12-10-8-6-4-2/h15-18,20-21,23-24,29,31,37,39,43-45,47-50,52-53,55-57H,3-14,19,22,25-28,30,32-36,38,40-42H2,1-2H3,(H,51,54)/b17-15-,18-16+,21-20-,24-23-,31-29+,39-37+. The van der Waals surface area contributed by atoms with Crippen molar-refractivity contribution in [1.29, 1.82) is 0 Å². The molecule has 9 heteroatoms. The van der Waals surface area contributed by atoms with Crippen LogP contribution < -0.4 is 5.32 Å². The minimum Gasteiger partial charge on any atom is -0.394 e. The SMILES string of the molecule is CCCCCCC/C=C\C/C=C\C/C=C\CCCCCCCCC(=O)NC(COC1OC(CO)C(O)C(O)C1O)C(O)/C=C/CC/C=C/CC/C=C/CCCCCCC. The van der Waals surface area contributed by atoms with Crippen molar-refractivity contribution in [3.63, 3.8) is 0 Å². The maximum atomic E-state index is 13.0. The van der Waals surface area contributed by atoms with E-state index in [1.165, 1.54) is 70.6 Å². The molecule has 6 N–H and O–H groups in total. The Morgan fingerprint density at radius 1 is 0.576 bits per heavy atom. The molecule has 59 heavy (non-hydrogen) atoms. The van der Waals surface area contributed by atoms with E-state index >= 15 is 0 Å². The number of ether oxygens (including phenoxy) is 2. The quantitative estimate of drug-likeness (QED) is 0.0266. The molecule has 0 aromatic rings. The summed E-state index contributed by atoms with van der Waals surface area (Å²) in [7, 11) is 0. The van der Waals surface area contributed by atoms with Crippen molar-refractivity contribution < 1.29 is 39.8 Å². The molecule has 0 aromatic carbocycles. The molecule has 1 aliphatic heterocycles. The zero-order valence-corrected chi connectivity index (χ0v) is 37.2. The predicted octanol–water partition coefficient (Wildman–Crippen LogP) is 10.2. The molecule has 1 fully saturated rings. The first-order chi connectivity index (χ1) is 28.8. The molecule has 0 aromatic heterocycles. The summed E-state index contributed by atoms with van der Waals surface area (Å²) >= 11 is 0. The molecule has 7 unspecified atom stereocenters. The number of hydrogen-bond donors (Lipinski definition) is 6. The number of rotatable bonds is 38. The highest BCUT2D eigenvalue weighted by Crippen LogP contribution is 2.22. The number of hydrogen-bond acceptors (Lipinski definition) is 8. The summed E-state index contributed by atoms with van der Waals surface area (Å²) in [4.78, 5) is 13.0. The van der Waals surface area contributed by atoms with Crippen molar-refractivity contribution >= 4 is 5.91 Å². The van der Waals surface area contributed by atoms with Crippen molar-refractivity contribution in [2.45, 2.75) is 224 Å². The first-order valence-corrected chi connectivity index (χ1v) is 23.7. The molecule has 1 saturated heterocycles. The average Bonchev–Trinajstić information content (AvgIpc) is 3.23. The monoisotopic (exact) mass is 830 g/mol. The molecule has 0 saturated carbocycles. The second kappa shape index (κ2) is 39.7. The molecular weight excluding hydrogens is 743 g/mol. The minimum atomic E-state index is -1.58. The third-order valence-electron chi connectivity index (χ3n) is 10.7. The Bertz CT molecular complexity index is 1150. The van der Waals surface area contributed by atoms with Crippen LogP contribution in [0.4, 0.5) is 0 Å². The van der Waals surface area contributed by atoms with Crippen LogP contribution in [0, 0.1) is 0 Å². The van der Waals surface area contributed by atoms with Gasteiger partial charge in [-0.05, 0) is 83.5 Å². The van der Waals surface area contributed by atoms with E-state index in [0.29, 0.717) is 6.42 Å². The van der Waals surface area contributed by atoms with Crippen LogP contribution in [-0.4, -0.2) is 87.5 Å². The summed E-state index contributed by atoms with van der Waals surface area (Å²) in [6.07, 6.45) is 46.5. The van der Waals surface area contributed by atoms with Gasteiger partial charge in [-0.1, -0.05) is 164 Å². The number of carbonyl (C=O) groups is 1. The second-order valence-corrected chi connectivity index (χ2v) is 16.2. The third kappa shape index (κ3) is 30.3. The van der Waals surface area contributed by atoms with E-state index in [0.717, 1.165) is 89.9 Å². The second-order valence-electron chi connectivity index (χ2n) is 16.2. The molecule has 1 aliphatic rings. The lowest BCUT2D eigenvalue weighted by Gasteiger charge is -2.40. The van der Waals surface area contributed by atoms with Crippen LogP contribution in [0.15, 0.2) is 72.9 Å². The Hall–Kier alpha value is -2.37. The van der Waals surface area contributed by atoms with Crippen molar-refractivity contribution in [3.8, 4) is 0 Å². The van der Waals surface area contributed by atoms with Crippen LogP contribution in [-0.2, 0) is 14.3 Å². The van der Waals surface area contributed by atoms with Crippen molar-refractivity contribution in [2.75, 3.05) is 13.2 Å². The highest BCUT2D eigenvalue weighted by Gasteiger charge is 2.44. The summed E-state index contributed by atoms with van der Waals surface area (Å²) in [5.41, 5.74) is 0. The first-order valence-electron chi connectivity index (χ1n) is 23.7. The van der Waals surface area contributed by atoms with Gasteiger partial charge in [0, 0.05) is 6.42 Å². The zero-order valence-electron chi connectivity index (χ0n) is 37.2. The Labute approximate surface area is 359 Å². The fraction of sp³-hybridized carbons (Fsp3) is 0.740. The molecular formula is C50H87NO8. The van der Waals surface area contributed by atoms with Gasteiger partial charge >= 0.3 is 0 Å². The van der Waals surface area contributed by atoms with Gasteiger partial charge in [-0.2, -0.15) is 0 Å². The molecule has 0 bridgehead atoms.